The molecule has 3 aliphatic heterocycles. The summed E-state index contributed by atoms with van der Waals surface area (Å²) in [5, 5.41) is 9.16. The van der Waals surface area contributed by atoms with E-state index in [4.69, 9.17) is 4.74 Å². The lowest BCUT2D eigenvalue weighted by Gasteiger charge is -2.30. The Morgan fingerprint density at radius 3 is 2.77 bits per heavy atom. The van der Waals surface area contributed by atoms with Crippen LogP contribution in [0, 0.1) is 0 Å². The Kier molecular flexibility index (Phi) is 5.68. The van der Waals surface area contributed by atoms with Crippen molar-refractivity contribution in [3.63, 3.8) is 0 Å². The normalized spacial score (nSPS) is 26.3. The summed E-state index contributed by atoms with van der Waals surface area (Å²) >= 11 is 0. The molecule has 160 valence electrons. The first kappa shape index (κ1) is 20.6. The zero-order valence-corrected chi connectivity index (χ0v) is 17.0. The van der Waals surface area contributed by atoms with Gasteiger partial charge in [-0.2, -0.15) is 0 Å². The molecule has 0 aliphatic carbocycles. The fourth-order valence-corrected chi connectivity index (χ4v) is 4.51. The Hall–Kier alpha value is -2.62. The van der Waals surface area contributed by atoms with Crippen LogP contribution in [-0.4, -0.2) is 66.9 Å². The van der Waals surface area contributed by atoms with E-state index >= 15 is 0 Å². The summed E-state index contributed by atoms with van der Waals surface area (Å²) in [5.74, 6) is -1.94. The van der Waals surface area contributed by atoms with Crippen molar-refractivity contribution in [2.24, 2.45) is 0 Å². The zero-order chi connectivity index (χ0) is 21.3. The number of nitrogens with zero attached hydrogens (tertiary/aromatic N) is 1. The monoisotopic (exact) mass is 414 g/mol. The molecule has 9 nitrogen and oxygen atoms in total. The van der Waals surface area contributed by atoms with E-state index in [-0.39, 0.29) is 24.3 Å². The average molecular weight is 414 g/mol. The number of piperidine rings is 1. The largest absolute Gasteiger partial charge is 0.385 e. The summed E-state index contributed by atoms with van der Waals surface area (Å²) in [6.07, 6.45) is 2.03. The van der Waals surface area contributed by atoms with Crippen molar-refractivity contribution >= 4 is 23.6 Å². The van der Waals surface area contributed by atoms with Crippen molar-refractivity contribution in [2.45, 2.75) is 43.8 Å². The highest BCUT2D eigenvalue weighted by Gasteiger charge is 2.45. The summed E-state index contributed by atoms with van der Waals surface area (Å²) in [6.45, 7) is 2.77. The van der Waals surface area contributed by atoms with Crippen LogP contribution in [0.2, 0.25) is 0 Å². The van der Waals surface area contributed by atoms with Crippen LogP contribution < -0.4 is 16.0 Å². The van der Waals surface area contributed by atoms with Crippen LogP contribution >= 0.6 is 0 Å². The van der Waals surface area contributed by atoms with Gasteiger partial charge in [0.05, 0.1) is 11.1 Å². The van der Waals surface area contributed by atoms with E-state index in [1.165, 1.54) is 0 Å². The maximum Gasteiger partial charge on any atom is 0.262 e. The smallest absolute Gasteiger partial charge is 0.262 e. The fourth-order valence-electron chi connectivity index (χ4n) is 4.51. The van der Waals surface area contributed by atoms with Gasteiger partial charge in [0.1, 0.15) is 6.04 Å². The molecule has 1 aromatic carbocycles. The first-order chi connectivity index (χ1) is 14.5. The lowest BCUT2D eigenvalue weighted by molar-refractivity contribution is -0.136. The number of carbonyl (C=O) groups is 4. The highest BCUT2D eigenvalue weighted by atomic mass is 16.5. The molecule has 30 heavy (non-hydrogen) atoms. The molecule has 0 radical (unpaired) electrons. The number of amides is 4. The standard InChI is InChI=1S/C21H26N4O5/c1-30-10-8-21(7-9-22-12-21)23-11-13-3-2-4-14-17(13)20(29)25(19(14)28)15-5-6-16(26)24-18(15)27/h2-4,15,22-23H,5-12H2,1H3,(H,24,26,27). The lowest BCUT2D eigenvalue weighted by atomic mass is 9.93. The number of hydrogen-bond donors (Lipinski definition) is 3. The Morgan fingerprint density at radius 1 is 1.23 bits per heavy atom. The van der Waals surface area contributed by atoms with E-state index < -0.39 is 23.8 Å². The molecule has 0 spiro atoms. The van der Waals surface area contributed by atoms with Gasteiger partial charge in [0.2, 0.25) is 11.8 Å². The van der Waals surface area contributed by atoms with Gasteiger partial charge in [-0.15, -0.1) is 0 Å². The van der Waals surface area contributed by atoms with Gasteiger partial charge < -0.3 is 15.4 Å². The Bertz CT molecular complexity index is 893. The van der Waals surface area contributed by atoms with Gasteiger partial charge in [-0.1, -0.05) is 12.1 Å². The third kappa shape index (κ3) is 3.64. The van der Waals surface area contributed by atoms with Crippen molar-refractivity contribution in [3.8, 4) is 0 Å². The van der Waals surface area contributed by atoms with Crippen LogP contribution in [0.15, 0.2) is 18.2 Å². The lowest BCUT2D eigenvalue weighted by Crippen LogP contribution is -2.54. The SMILES string of the molecule is COCCC1(NCc2cccc3c2C(=O)N(C2CCC(=O)NC2=O)C3=O)CCNC1. The van der Waals surface area contributed by atoms with Gasteiger partial charge >= 0.3 is 0 Å². The molecule has 2 unspecified atom stereocenters. The van der Waals surface area contributed by atoms with E-state index in [1.807, 2.05) is 6.07 Å². The molecule has 9 heteroatoms. The summed E-state index contributed by atoms with van der Waals surface area (Å²) in [6, 6.07) is 4.24. The first-order valence-corrected chi connectivity index (χ1v) is 10.2. The van der Waals surface area contributed by atoms with Crippen molar-refractivity contribution < 1.29 is 23.9 Å². The molecule has 0 saturated carbocycles. The number of ether oxygens (including phenoxy) is 1. The molecule has 4 amide bonds. The van der Waals surface area contributed by atoms with Crippen LogP contribution in [0.4, 0.5) is 0 Å². The van der Waals surface area contributed by atoms with Crippen LogP contribution in [0.3, 0.4) is 0 Å². The molecule has 0 bridgehead atoms. The van der Waals surface area contributed by atoms with Gasteiger partial charge in [0.15, 0.2) is 0 Å². The van der Waals surface area contributed by atoms with Gasteiger partial charge in [-0.25, -0.2) is 0 Å². The van der Waals surface area contributed by atoms with Crippen molar-refractivity contribution in [1.82, 2.24) is 20.9 Å². The molecule has 4 rings (SSSR count). The second-order valence-electron chi connectivity index (χ2n) is 8.09. The summed E-state index contributed by atoms with van der Waals surface area (Å²) in [4.78, 5) is 50.8. The Balaban J connectivity index is 1.56. The second kappa shape index (κ2) is 8.25. The van der Waals surface area contributed by atoms with Crippen LogP contribution in [0.1, 0.15) is 52.0 Å². The molecule has 2 saturated heterocycles. The molecular weight excluding hydrogens is 388 g/mol. The molecule has 3 N–H and O–H groups in total. The molecule has 0 aromatic heterocycles. The molecule has 3 aliphatic rings. The van der Waals surface area contributed by atoms with E-state index in [1.54, 1.807) is 19.2 Å². The summed E-state index contributed by atoms with van der Waals surface area (Å²) < 4.78 is 5.25. The Morgan fingerprint density at radius 2 is 2.07 bits per heavy atom. The number of fused-ring (bicyclic) bond motifs is 1. The predicted molar refractivity (Wildman–Crippen MR) is 107 cm³/mol. The number of benzene rings is 1. The van der Waals surface area contributed by atoms with Crippen LogP contribution in [-0.2, 0) is 20.9 Å². The van der Waals surface area contributed by atoms with Crippen LogP contribution in [0.5, 0.6) is 0 Å². The van der Waals surface area contributed by atoms with E-state index in [0.717, 1.165) is 36.4 Å². The number of nitrogens with one attached hydrogen (secondary N) is 3. The zero-order valence-electron chi connectivity index (χ0n) is 17.0. The van der Waals surface area contributed by atoms with Crippen LogP contribution in [0.25, 0.3) is 0 Å². The topological polar surface area (TPSA) is 117 Å². The number of imide groups is 2. The minimum absolute atomic E-state index is 0.104. The van der Waals surface area contributed by atoms with Crippen molar-refractivity contribution in [3.05, 3.63) is 34.9 Å². The summed E-state index contributed by atoms with van der Waals surface area (Å²) in [7, 11) is 1.67. The third-order valence-corrected chi connectivity index (χ3v) is 6.24. The van der Waals surface area contributed by atoms with E-state index in [0.29, 0.717) is 24.3 Å². The minimum Gasteiger partial charge on any atom is -0.385 e. The third-order valence-electron chi connectivity index (χ3n) is 6.24. The number of rotatable bonds is 7. The average Bonchev–Trinajstić information content (AvgIpc) is 3.30. The van der Waals surface area contributed by atoms with Crippen molar-refractivity contribution in [2.75, 3.05) is 26.8 Å². The maximum absolute atomic E-state index is 13.2. The van der Waals surface area contributed by atoms with E-state index in [9.17, 15) is 19.2 Å². The van der Waals surface area contributed by atoms with E-state index in [2.05, 4.69) is 16.0 Å². The van der Waals surface area contributed by atoms with Gasteiger partial charge in [0, 0.05) is 38.8 Å². The van der Waals surface area contributed by atoms with Gasteiger partial charge in [0.25, 0.3) is 11.8 Å². The minimum atomic E-state index is -0.956. The fraction of sp³-hybridized carbons (Fsp3) is 0.524. The maximum atomic E-state index is 13.2. The highest BCUT2D eigenvalue weighted by Crippen LogP contribution is 2.30. The number of hydrogen-bond acceptors (Lipinski definition) is 7. The van der Waals surface area contributed by atoms with Gasteiger partial charge in [-0.3, -0.25) is 29.4 Å². The molecule has 3 heterocycles. The first-order valence-electron chi connectivity index (χ1n) is 10.2. The van der Waals surface area contributed by atoms with Gasteiger partial charge in [-0.05, 0) is 37.4 Å². The highest BCUT2D eigenvalue weighted by molar-refractivity contribution is 6.24. The number of methoxy groups -OCH3 is 1. The molecule has 1 aromatic rings. The second-order valence-corrected chi connectivity index (χ2v) is 8.09. The number of carbonyl (C=O) groups excluding carboxylic acids is 4. The van der Waals surface area contributed by atoms with Crippen molar-refractivity contribution in [1.29, 1.82) is 0 Å². The quantitative estimate of drug-likeness (QED) is 0.536. The molecular formula is C21H26N4O5. The Labute approximate surface area is 174 Å². The summed E-state index contributed by atoms with van der Waals surface area (Å²) in [5.41, 5.74) is 1.24. The predicted octanol–water partition coefficient (Wildman–Crippen LogP) is -0.0540. The molecule has 2 atom stereocenters. The molecule has 2 fully saturated rings.